The molecule has 124 valence electrons. The Morgan fingerprint density at radius 3 is 3.26 bits per heavy atom. The van der Waals surface area contributed by atoms with Gasteiger partial charge in [-0.05, 0) is 37.4 Å². The van der Waals surface area contributed by atoms with Crippen molar-refractivity contribution in [3.05, 3.63) is 35.2 Å². The van der Waals surface area contributed by atoms with Gasteiger partial charge in [-0.15, -0.1) is 11.3 Å². The van der Waals surface area contributed by atoms with Gasteiger partial charge >= 0.3 is 0 Å². The number of nitrogens with zero attached hydrogens (tertiary/aromatic N) is 2. The van der Waals surface area contributed by atoms with Crippen LogP contribution in [0.3, 0.4) is 0 Å². The first-order valence-corrected chi connectivity index (χ1v) is 9.06. The summed E-state index contributed by atoms with van der Waals surface area (Å²) in [4.78, 5) is 18.9. The Hall–Kier alpha value is -1.66. The highest BCUT2D eigenvalue weighted by Gasteiger charge is 2.17. The largest absolute Gasteiger partial charge is 0.469 e. The van der Waals surface area contributed by atoms with Crippen LogP contribution >= 0.6 is 11.3 Å². The lowest BCUT2D eigenvalue weighted by molar-refractivity contribution is -0.116. The highest BCUT2D eigenvalue weighted by molar-refractivity contribution is 7.13. The maximum Gasteiger partial charge on any atom is 0.226 e. The molecule has 2 aromatic rings. The van der Waals surface area contributed by atoms with Crippen molar-refractivity contribution >= 4 is 22.4 Å². The smallest absolute Gasteiger partial charge is 0.226 e. The minimum absolute atomic E-state index is 0.0195. The van der Waals surface area contributed by atoms with Gasteiger partial charge in [0.1, 0.15) is 5.76 Å². The first-order valence-electron chi connectivity index (χ1n) is 8.18. The molecule has 1 aliphatic rings. The molecule has 0 unspecified atom stereocenters. The van der Waals surface area contributed by atoms with E-state index in [2.05, 4.69) is 22.1 Å². The first kappa shape index (κ1) is 16.2. The van der Waals surface area contributed by atoms with Crippen molar-refractivity contribution < 1.29 is 9.21 Å². The number of aryl methyl sites for hydroxylation is 1. The molecule has 2 aromatic heterocycles. The van der Waals surface area contributed by atoms with Crippen molar-refractivity contribution in [2.75, 3.05) is 18.4 Å². The molecule has 0 spiro atoms. The van der Waals surface area contributed by atoms with Crippen molar-refractivity contribution in [3.63, 3.8) is 0 Å². The van der Waals surface area contributed by atoms with E-state index in [1.54, 1.807) is 6.26 Å². The second kappa shape index (κ2) is 7.75. The molecule has 6 heteroatoms. The molecule has 1 amide bonds. The fourth-order valence-electron chi connectivity index (χ4n) is 2.97. The summed E-state index contributed by atoms with van der Waals surface area (Å²) in [5.41, 5.74) is 1.05. The molecule has 1 aliphatic heterocycles. The Morgan fingerprint density at radius 1 is 1.57 bits per heavy atom. The monoisotopic (exact) mass is 333 g/mol. The van der Waals surface area contributed by atoms with E-state index in [4.69, 9.17) is 4.42 Å². The summed E-state index contributed by atoms with van der Waals surface area (Å²) in [6.45, 7) is 5.47. The van der Waals surface area contributed by atoms with Gasteiger partial charge in [0.05, 0.1) is 12.0 Å². The van der Waals surface area contributed by atoms with Crippen molar-refractivity contribution in [2.24, 2.45) is 5.92 Å². The summed E-state index contributed by atoms with van der Waals surface area (Å²) in [7, 11) is 0. The standard InChI is InChI=1S/C17H23N3O2S/c1-13-4-2-8-20(10-13)11-14-12-23-17(18-14)19-16(21)7-6-15-5-3-9-22-15/h3,5,9,12-13H,2,4,6-8,10-11H2,1H3,(H,18,19,21)/t13-/m0/s1. The van der Waals surface area contributed by atoms with E-state index in [0.717, 1.165) is 37.0 Å². The van der Waals surface area contributed by atoms with Crippen molar-refractivity contribution in [3.8, 4) is 0 Å². The average molecular weight is 333 g/mol. The molecule has 5 nitrogen and oxygen atoms in total. The van der Waals surface area contributed by atoms with Gasteiger partial charge in [-0.1, -0.05) is 6.92 Å². The SMILES string of the molecule is C[C@H]1CCCN(Cc2csc(NC(=O)CCc3ccco3)n2)C1. The molecule has 1 saturated heterocycles. The number of carbonyl (C=O) groups is 1. The van der Waals surface area contributed by atoms with Crippen LogP contribution < -0.4 is 5.32 Å². The van der Waals surface area contributed by atoms with E-state index in [-0.39, 0.29) is 5.91 Å². The van der Waals surface area contributed by atoms with Crippen molar-refractivity contribution in [1.82, 2.24) is 9.88 Å². The number of furan rings is 1. The first-order chi connectivity index (χ1) is 11.2. The van der Waals surface area contributed by atoms with Gasteiger partial charge in [0.2, 0.25) is 5.91 Å². The third-order valence-corrected chi connectivity index (χ3v) is 4.91. The summed E-state index contributed by atoms with van der Waals surface area (Å²) >= 11 is 1.50. The Bertz CT molecular complexity index is 624. The Labute approximate surface area is 140 Å². The second-order valence-corrected chi connectivity index (χ2v) is 7.11. The normalized spacial score (nSPS) is 18.9. The summed E-state index contributed by atoms with van der Waals surface area (Å²) in [5.74, 6) is 1.58. The maximum atomic E-state index is 12.0. The molecule has 0 radical (unpaired) electrons. The molecule has 3 heterocycles. The zero-order valence-corrected chi connectivity index (χ0v) is 14.3. The van der Waals surface area contributed by atoms with E-state index in [0.29, 0.717) is 18.0 Å². The maximum absolute atomic E-state index is 12.0. The summed E-state index contributed by atoms with van der Waals surface area (Å²) in [6, 6.07) is 3.72. The van der Waals surface area contributed by atoms with Crippen LogP contribution in [0, 0.1) is 5.92 Å². The van der Waals surface area contributed by atoms with Gasteiger partial charge in [0.15, 0.2) is 5.13 Å². The minimum Gasteiger partial charge on any atom is -0.469 e. The average Bonchev–Trinajstić information content (AvgIpc) is 3.17. The van der Waals surface area contributed by atoms with E-state index in [9.17, 15) is 4.79 Å². The number of carbonyl (C=O) groups excluding carboxylic acids is 1. The number of amides is 1. The van der Waals surface area contributed by atoms with Crippen LogP contribution in [0.4, 0.5) is 5.13 Å². The zero-order chi connectivity index (χ0) is 16.1. The van der Waals surface area contributed by atoms with Crippen LogP contribution in [0.1, 0.15) is 37.6 Å². The Balaban J connectivity index is 1.45. The number of thiazole rings is 1. The van der Waals surface area contributed by atoms with Gasteiger partial charge in [0.25, 0.3) is 0 Å². The highest BCUT2D eigenvalue weighted by Crippen LogP contribution is 2.21. The second-order valence-electron chi connectivity index (χ2n) is 6.25. The third-order valence-electron chi connectivity index (χ3n) is 4.10. The molecule has 0 aliphatic carbocycles. The number of rotatable bonds is 6. The van der Waals surface area contributed by atoms with Crippen LogP contribution in [-0.4, -0.2) is 28.9 Å². The number of likely N-dealkylation sites (tertiary alicyclic amines) is 1. The van der Waals surface area contributed by atoms with Crippen molar-refractivity contribution in [2.45, 2.75) is 39.2 Å². The van der Waals surface area contributed by atoms with E-state index in [1.807, 2.05) is 17.5 Å². The van der Waals surface area contributed by atoms with Crippen LogP contribution in [0.15, 0.2) is 28.2 Å². The van der Waals surface area contributed by atoms with Gasteiger partial charge in [-0.25, -0.2) is 4.98 Å². The Morgan fingerprint density at radius 2 is 2.48 bits per heavy atom. The lowest BCUT2D eigenvalue weighted by Crippen LogP contribution is -2.33. The number of piperidine rings is 1. The summed E-state index contributed by atoms with van der Waals surface area (Å²) in [5, 5.41) is 5.61. The molecule has 1 fully saturated rings. The lowest BCUT2D eigenvalue weighted by Gasteiger charge is -2.30. The van der Waals surface area contributed by atoms with E-state index < -0.39 is 0 Å². The fraction of sp³-hybridized carbons (Fsp3) is 0.529. The van der Waals surface area contributed by atoms with E-state index >= 15 is 0 Å². The quantitative estimate of drug-likeness (QED) is 0.878. The summed E-state index contributed by atoms with van der Waals surface area (Å²) in [6.07, 6.45) is 5.24. The zero-order valence-electron chi connectivity index (χ0n) is 13.5. The molecule has 1 atom stereocenters. The predicted molar refractivity (Wildman–Crippen MR) is 91.4 cm³/mol. The van der Waals surface area contributed by atoms with Gasteiger partial charge in [0, 0.05) is 31.3 Å². The molecular weight excluding hydrogens is 310 g/mol. The van der Waals surface area contributed by atoms with E-state index in [1.165, 1.54) is 24.2 Å². The van der Waals surface area contributed by atoms with Crippen LogP contribution in [-0.2, 0) is 17.8 Å². The molecule has 23 heavy (non-hydrogen) atoms. The lowest BCUT2D eigenvalue weighted by atomic mass is 10.0. The summed E-state index contributed by atoms with van der Waals surface area (Å²) < 4.78 is 5.23. The van der Waals surface area contributed by atoms with Crippen molar-refractivity contribution in [1.29, 1.82) is 0 Å². The fourth-order valence-corrected chi connectivity index (χ4v) is 3.69. The Kier molecular flexibility index (Phi) is 5.46. The molecule has 3 rings (SSSR count). The van der Waals surface area contributed by atoms with Crippen LogP contribution in [0.2, 0.25) is 0 Å². The molecule has 1 N–H and O–H groups in total. The topological polar surface area (TPSA) is 58.4 Å². The predicted octanol–water partition coefficient (Wildman–Crippen LogP) is 3.54. The molecule has 0 bridgehead atoms. The van der Waals surface area contributed by atoms with Gasteiger partial charge in [-0.3, -0.25) is 9.69 Å². The molecular formula is C17H23N3O2S. The number of hydrogen-bond acceptors (Lipinski definition) is 5. The number of hydrogen-bond donors (Lipinski definition) is 1. The van der Waals surface area contributed by atoms with Gasteiger partial charge < -0.3 is 9.73 Å². The number of anilines is 1. The third kappa shape index (κ3) is 4.91. The molecule has 0 saturated carbocycles. The minimum atomic E-state index is -0.0195. The van der Waals surface area contributed by atoms with Crippen LogP contribution in [0.5, 0.6) is 0 Å². The highest BCUT2D eigenvalue weighted by atomic mass is 32.1. The van der Waals surface area contributed by atoms with Crippen LogP contribution in [0.25, 0.3) is 0 Å². The number of aromatic nitrogens is 1. The van der Waals surface area contributed by atoms with Gasteiger partial charge in [-0.2, -0.15) is 0 Å². The molecule has 0 aromatic carbocycles. The number of nitrogens with one attached hydrogen (secondary N) is 1.